The fraction of sp³-hybridized carbons (Fsp3) is 0.200. The monoisotopic (exact) mass is 290 g/mol. The number of anilines is 1. The number of hydrogen-bond acceptors (Lipinski definition) is 5. The molecule has 0 unspecified atom stereocenters. The molecule has 0 amide bonds. The molecule has 0 atom stereocenters. The minimum absolute atomic E-state index is 0.0671. The van der Waals surface area contributed by atoms with E-state index in [2.05, 4.69) is 4.98 Å². The highest BCUT2D eigenvalue weighted by atomic mass is 19.1. The molecule has 0 aliphatic carbocycles. The SMILES string of the molecule is CCOc1cc(N)cc(C(=O)OCc2cncc(F)c2)c1. The molecule has 0 spiro atoms. The van der Waals surface area contributed by atoms with E-state index >= 15 is 0 Å². The van der Waals surface area contributed by atoms with Crippen LogP contribution in [-0.2, 0) is 11.3 Å². The van der Waals surface area contributed by atoms with E-state index in [1.165, 1.54) is 18.3 Å². The zero-order chi connectivity index (χ0) is 15.2. The van der Waals surface area contributed by atoms with Crippen molar-refractivity contribution in [3.63, 3.8) is 0 Å². The van der Waals surface area contributed by atoms with E-state index in [-0.39, 0.29) is 12.2 Å². The summed E-state index contributed by atoms with van der Waals surface area (Å²) >= 11 is 0. The van der Waals surface area contributed by atoms with Gasteiger partial charge >= 0.3 is 5.97 Å². The maximum Gasteiger partial charge on any atom is 0.338 e. The predicted molar refractivity (Wildman–Crippen MR) is 75.3 cm³/mol. The van der Waals surface area contributed by atoms with Gasteiger partial charge in [0.1, 0.15) is 18.2 Å². The molecule has 0 fully saturated rings. The van der Waals surface area contributed by atoms with Crippen molar-refractivity contribution >= 4 is 11.7 Å². The molecule has 21 heavy (non-hydrogen) atoms. The number of benzene rings is 1. The van der Waals surface area contributed by atoms with Crippen molar-refractivity contribution in [2.75, 3.05) is 12.3 Å². The smallest absolute Gasteiger partial charge is 0.338 e. The number of nitrogens with zero attached hydrogens (tertiary/aromatic N) is 1. The summed E-state index contributed by atoms with van der Waals surface area (Å²) in [6.07, 6.45) is 2.51. The largest absolute Gasteiger partial charge is 0.494 e. The summed E-state index contributed by atoms with van der Waals surface area (Å²) in [5.41, 5.74) is 6.86. The van der Waals surface area contributed by atoms with Crippen molar-refractivity contribution in [3.8, 4) is 5.75 Å². The van der Waals surface area contributed by atoms with E-state index in [9.17, 15) is 9.18 Å². The van der Waals surface area contributed by atoms with Gasteiger partial charge in [-0.1, -0.05) is 0 Å². The zero-order valence-corrected chi connectivity index (χ0v) is 11.5. The molecule has 0 bridgehead atoms. The molecule has 6 heteroatoms. The van der Waals surface area contributed by atoms with Crippen molar-refractivity contribution in [2.45, 2.75) is 13.5 Å². The van der Waals surface area contributed by atoms with Crippen LogP contribution >= 0.6 is 0 Å². The molecule has 1 aromatic heterocycles. The number of nitrogens with two attached hydrogens (primary N) is 1. The Morgan fingerprint density at radius 2 is 2.10 bits per heavy atom. The molecule has 0 aliphatic rings. The standard InChI is InChI=1S/C15H15FN2O3/c1-2-20-14-5-11(4-13(17)6-14)15(19)21-9-10-3-12(16)8-18-7-10/h3-8H,2,9,17H2,1H3. The Balaban J connectivity index is 2.06. The first kappa shape index (κ1) is 14.8. The summed E-state index contributed by atoms with van der Waals surface area (Å²) in [5, 5.41) is 0. The number of ether oxygens (including phenoxy) is 2. The summed E-state index contributed by atoms with van der Waals surface area (Å²) in [7, 11) is 0. The van der Waals surface area contributed by atoms with Crippen LogP contribution in [0.2, 0.25) is 0 Å². The fourth-order valence-corrected chi connectivity index (χ4v) is 1.76. The van der Waals surface area contributed by atoms with Crippen LogP contribution in [0.3, 0.4) is 0 Å². The van der Waals surface area contributed by atoms with E-state index < -0.39 is 11.8 Å². The highest BCUT2D eigenvalue weighted by Crippen LogP contribution is 2.20. The number of carbonyl (C=O) groups excluding carboxylic acids is 1. The zero-order valence-electron chi connectivity index (χ0n) is 11.5. The minimum Gasteiger partial charge on any atom is -0.494 e. The van der Waals surface area contributed by atoms with Crippen molar-refractivity contribution in [3.05, 3.63) is 53.6 Å². The van der Waals surface area contributed by atoms with Gasteiger partial charge < -0.3 is 15.2 Å². The Kier molecular flexibility index (Phi) is 4.71. The molecule has 1 heterocycles. The topological polar surface area (TPSA) is 74.4 Å². The van der Waals surface area contributed by atoms with E-state index in [4.69, 9.17) is 15.2 Å². The van der Waals surface area contributed by atoms with Crippen molar-refractivity contribution < 1.29 is 18.7 Å². The lowest BCUT2D eigenvalue weighted by atomic mass is 10.2. The van der Waals surface area contributed by atoms with Crippen LogP contribution in [-0.4, -0.2) is 17.6 Å². The van der Waals surface area contributed by atoms with Gasteiger partial charge in [0.15, 0.2) is 0 Å². The number of nitrogen functional groups attached to an aromatic ring is 1. The number of pyridine rings is 1. The number of rotatable bonds is 5. The molecule has 110 valence electrons. The third-order valence-electron chi connectivity index (χ3n) is 2.61. The van der Waals surface area contributed by atoms with Gasteiger partial charge in [-0.05, 0) is 25.1 Å². The van der Waals surface area contributed by atoms with E-state index in [1.807, 2.05) is 6.92 Å². The predicted octanol–water partition coefficient (Wildman–Crippen LogP) is 2.56. The lowest BCUT2D eigenvalue weighted by Crippen LogP contribution is -2.07. The lowest BCUT2D eigenvalue weighted by Gasteiger charge is -2.08. The van der Waals surface area contributed by atoms with Gasteiger partial charge in [-0.3, -0.25) is 4.98 Å². The van der Waals surface area contributed by atoms with E-state index in [0.717, 1.165) is 6.20 Å². The second kappa shape index (κ2) is 6.69. The minimum atomic E-state index is -0.562. The highest BCUT2D eigenvalue weighted by Gasteiger charge is 2.10. The number of halogens is 1. The van der Waals surface area contributed by atoms with Crippen molar-refractivity contribution in [1.29, 1.82) is 0 Å². The van der Waals surface area contributed by atoms with Gasteiger partial charge in [0.25, 0.3) is 0 Å². The van der Waals surface area contributed by atoms with Crippen LogP contribution in [0.5, 0.6) is 5.75 Å². The molecule has 0 saturated carbocycles. The van der Waals surface area contributed by atoms with Crippen molar-refractivity contribution in [1.82, 2.24) is 4.98 Å². The maximum atomic E-state index is 13.0. The summed E-state index contributed by atoms with van der Waals surface area (Å²) in [6, 6.07) is 5.92. The lowest BCUT2D eigenvalue weighted by molar-refractivity contribution is 0.0471. The van der Waals surface area contributed by atoms with E-state index in [1.54, 1.807) is 12.1 Å². The summed E-state index contributed by atoms with van der Waals surface area (Å²) < 4.78 is 23.4. The number of carbonyl (C=O) groups is 1. The number of hydrogen-bond donors (Lipinski definition) is 1. The third kappa shape index (κ3) is 4.17. The summed E-state index contributed by atoms with van der Waals surface area (Å²) in [4.78, 5) is 15.6. The van der Waals surface area contributed by atoms with Crippen LogP contribution in [0, 0.1) is 5.82 Å². The van der Waals surface area contributed by atoms with Gasteiger partial charge in [-0.2, -0.15) is 0 Å². The molecular formula is C15H15FN2O3. The van der Waals surface area contributed by atoms with Crippen LogP contribution in [0.25, 0.3) is 0 Å². The number of esters is 1. The average molecular weight is 290 g/mol. The quantitative estimate of drug-likeness (QED) is 0.676. The third-order valence-corrected chi connectivity index (χ3v) is 2.61. The van der Waals surface area contributed by atoms with Crippen molar-refractivity contribution in [2.24, 2.45) is 0 Å². The first-order chi connectivity index (χ1) is 10.1. The van der Waals surface area contributed by atoms with Gasteiger partial charge in [-0.15, -0.1) is 0 Å². The van der Waals surface area contributed by atoms with Crippen LogP contribution in [0.4, 0.5) is 10.1 Å². The molecule has 2 aromatic rings. The molecule has 0 saturated heterocycles. The Bertz CT molecular complexity index is 647. The summed E-state index contributed by atoms with van der Waals surface area (Å²) in [5.74, 6) is -0.546. The summed E-state index contributed by atoms with van der Waals surface area (Å²) in [6.45, 7) is 2.23. The first-order valence-corrected chi connectivity index (χ1v) is 6.38. The number of aromatic nitrogens is 1. The Morgan fingerprint density at radius 3 is 2.81 bits per heavy atom. The molecular weight excluding hydrogens is 275 g/mol. The first-order valence-electron chi connectivity index (χ1n) is 6.38. The Morgan fingerprint density at radius 1 is 1.29 bits per heavy atom. The van der Waals surface area contributed by atoms with Crippen LogP contribution < -0.4 is 10.5 Å². The molecule has 0 radical (unpaired) electrons. The van der Waals surface area contributed by atoms with Gasteiger partial charge in [0.05, 0.1) is 18.4 Å². The van der Waals surface area contributed by atoms with Crippen LogP contribution in [0.1, 0.15) is 22.8 Å². The van der Waals surface area contributed by atoms with Gasteiger partial charge in [0.2, 0.25) is 0 Å². The van der Waals surface area contributed by atoms with Crippen LogP contribution in [0.15, 0.2) is 36.7 Å². The van der Waals surface area contributed by atoms with E-state index in [0.29, 0.717) is 23.6 Å². The Labute approximate surface area is 121 Å². The normalized spacial score (nSPS) is 10.2. The fourth-order valence-electron chi connectivity index (χ4n) is 1.76. The Hall–Kier alpha value is -2.63. The average Bonchev–Trinajstić information content (AvgIpc) is 2.44. The highest BCUT2D eigenvalue weighted by molar-refractivity contribution is 5.91. The molecule has 2 N–H and O–H groups in total. The molecule has 5 nitrogen and oxygen atoms in total. The molecule has 0 aliphatic heterocycles. The van der Waals surface area contributed by atoms with Gasteiger partial charge in [-0.25, -0.2) is 9.18 Å². The van der Waals surface area contributed by atoms with Gasteiger partial charge in [0, 0.05) is 23.5 Å². The molecule has 2 rings (SSSR count). The molecule has 1 aromatic carbocycles. The second-order valence-corrected chi connectivity index (χ2v) is 4.31. The second-order valence-electron chi connectivity index (χ2n) is 4.31. The maximum absolute atomic E-state index is 13.0.